The van der Waals surface area contributed by atoms with Gasteiger partial charge >= 0.3 is 5.97 Å². The summed E-state index contributed by atoms with van der Waals surface area (Å²) in [4.78, 5) is 24.7. The number of amides is 1. The Labute approximate surface area is 166 Å². The third-order valence-corrected chi connectivity index (χ3v) is 4.43. The van der Waals surface area contributed by atoms with Crippen molar-refractivity contribution in [2.75, 3.05) is 27.4 Å². The third-order valence-electron chi connectivity index (χ3n) is 3.81. The molecule has 0 saturated heterocycles. The molecule has 1 unspecified atom stereocenters. The van der Waals surface area contributed by atoms with Crippen molar-refractivity contribution < 1.29 is 23.8 Å². The first kappa shape index (κ1) is 20.9. The van der Waals surface area contributed by atoms with E-state index >= 15 is 0 Å². The van der Waals surface area contributed by atoms with Crippen LogP contribution in [0.3, 0.4) is 0 Å². The number of halogens is 1. The summed E-state index contributed by atoms with van der Waals surface area (Å²) in [5.74, 6) is -0.256. The number of hydrogen-bond donors (Lipinski definition) is 1. The Bertz CT molecular complexity index is 766. The molecule has 0 bridgehead atoms. The number of methoxy groups -OCH3 is 2. The van der Waals surface area contributed by atoms with Gasteiger partial charge in [0.15, 0.2) is 0 Å². The van der Waals surface area contributed by atoms with E-state index < -0.39 is 12.0 Å². The van der Waals surface area contributed by atoms with Crippen LogP contribution in [-0.4, -0.2) is 45.4 Å². The second-order valence-corrected chi connectivity index (χ2v) is 6.58. The van der Waals surface area contributed by atoms with E-state index in [1.54, 1.807) is 25.3 Å². The molecule has 2 aromatic carbocycles. The molecule has 0 aliphatic heterocycles. The van der Waals surface area contributed by atoms with Crippen molar-refractivity contribution in [3.05, 3.63) is 64.1 Å². The standard InChI is InChI=1S/C20H22BrNO5/c1-25-10-11-27-18-9-8-15(13-16(18)21)19(23)22-17(20(24)26-2)12-14-6-4-3-5-7-14/h3-9,13,17H,10-12H2,1-2H3,(H,22,23). The molecule has 6 nitrogen and oxygen atoms in total. The SMILES string of the molecule is COCCOc1ccc(C(=O)NC(Cc2ccccc2)C(=O)OC)cc1Br. The van der Waals surface area contributed by atoms with Crippen molar-refractivity contribution in [3.8, 4) is 5.75 Å². The summed E-state index contributed by atoms with van der Waals surface area (Å²) in [6.07, 6.45) is 0.346. The molecular weight excluding hydrogens is 414 g/mol. The quantitative estimate of drug-likeness (QED) is 0.484. The van der Waals surface area contributed by atoms with Gasteiger partial charge in [-0.15, -0.1) is 0 Å². The molecule has 0 saturated carbocycles. The van der Waals surface area contributed by atoms with E-state index in [2.05, 4.69) is 21.2 Å². The maximum Gasteiger partial charge on any atom is 0.328 e. The number of carbonyl (C=O) groups is 2. The lowest BCUT2D eigenvalue weighted by Crippen LogP contribution is -2.43. The molecule has 0 heterocycles. The molecule has 0 spiro atoms. The van der Waals surface area contributed by atoms with Crippen LogP contribution in [0.25, 0.3) is 0 Å². The zero-order valence-corrected chi connectivity index (χ0v) is 16.8. The van der Waals surface area contributed by atoms with Crippen molar-refractivity contribution in [2.24, 2.45) is 0 Å². The Hall–Kier alpha value is -2.38. The fourth-order valence-corrected chi connectivity index (χ4v) is 2.91. The highest BCUT2D eigenvalue weighted by atomic mass is 79.9. The molecule has 1 amide bonds. The molecule has 27 heavy (non-hydrogen) atoms. The number of esters is 1. The summed E-state index contributed by atoms with van der Waals surface area (Å²) in [7, 11) is 2.90. The average molecular weight is 436 g/mol. The molecule has 0 aliphatic carbocycles. The van der Waals surface area contributed by atoms with E-state index in [0.717, 1.165) is 5.56 Å². The van der Waals surface area contributed by atoms with Gasteiger partial charge in [0.25, 0.3) is 5.91 Å². The number of benzene rings is 2. The fraction of sp³-hybridized carbons (Fsp3) is 0.300. The largest absolute Gasteiger partial charge is 0.490 e. The summed E-state index contributed by atoms with van der Waals surface area (Å²) >= 11 is 3.39. The Morgan fingerprint density at radius 2 is 1.81 bits per heavy atom. The molecule has 2 rings (SSSR count). The van der Waals surface area contributed by atoms with Gasteiger partial charge in [-0.1, -0.05) is 30.3 Å². The first-order valence-electron chi connectivity index (χ1n) is 8.39. The maximum absolute atomic E-state index is 12.6. The van der Waals surface area contributed by atoms with Crippen molar-refractivity contribution in [3.63, 3.8) is 0 Å². The molecule has 1 atom stereocenters. The summed E-state index contributed by atoms with van der Waals surface area (Å²) in [6, 6.07) is 13.6. The van der Waals surface area contributed by atoms with Crippen LogP contribution in [0.1, 0.15) is 15.9 Å². The van der Waals surface area contributed by atoms with Gasteiger partial charge in [-0.3, -0.25) is 4.79 Å². The molecule has 0 radical (unpaired) electrons. The van der Waals surface area contributed by atoms with Gasteiger partial charge in [-0.05, 0) is 39.7 Å². The Balaban J connectivity index is 2.07. The van der Waals surface area contributed by atoms with Crippen molar-refractivity contribution in [2.45, 2.75) is 12.5 Å². The average Bonchev–Trinajstić information content (AvgIpc) is 2.69. The number of hydrogen-bond acceptors (Lipinski definition) is 5. The van der Waals surface area contributed by atoms with E-state index in [9.17, 15) is 9.59 Å². The van der Waals surface area contributed by atoms with E-state index in [1.807, 2.05) is 30.3 Å². The van der Waals surface area contributed by atoms with Gasteiger partial charge in [0.2, 0.25) is 0 Å². The van der Waals surface area contributed by atoms with E-state index in [-0.39, 0.29) is 5.91 Å². The second kappa shape index (κ2) is 10.7. The van der Waals surface area contributed by atoms with Crippen LogP contribution in [0.5, 0.6) is 5.75 Å². The molecule has 7 heteroatoms. The normalized spacial score (nSPS) is 11.5. The van der Waals surface area contributed by atoms with Crippen molar-refractivity contribution >= 4 is 27.8 Å². The maximum atomic E-state index is 12.6. The van der Waals surface area contributed by atoms with Crippen molar-refractivity contribution in [1.82, 2.24) is 5.32 Å². The van der Waals surface area contributed by atoms with Crippen LogP contribution in [0.4, 0.5) is 0 Å². The van der Waals surface area contributed by atoms with Crippen molar-refractivity contribution in [1.29, 1.82) is 0 Å². The molecule has 0 fully saturated rings. The van der Waals surface area contributed by atoms with Crippen LogP contribution < -0.4 is 10.1 Å². The van der Waals surface area contributed by atoms with Gasteiger partial charge < -0.3 is 19.5 Å². The molecule has 2 aromatic rings. The topological polar surface area (TPSA) is 73.9 Å². The summed E-state index contributed by atoms with van der Waals surface area (Å²) in [5, 5.41) is 2.74. The van der Waals surface area contributed by atoms with Gasteiger partial charge in [0.05, 0.1) is 18.2 Å². The van der Waals surface area contributed by atoms with Crippen LogP contribution in [0.15, 0.2) is 53.0 Å². The molecule has 0 aromatic heterocycles. The van der Waals surface area contributed by atoms with Crippen LogP contribution in [0.2, 0.25) is 0 Å². The van der Waals surface area contributed by atoms with E-state index in [1.165, 1.54) is 7.11 Å². The minimum absolute atomic E-state index is 0.346. The fourth-order valence-electron chi connectivity index (χ4n) is 2.42. The van der Waals surface area contributed by atoms with Gasteiger partial charge in [-0.2, -0.15) is 0 Å². The van der Waals surface area contributed by atoms with Crippen LogP contribution in [0, 0.1) is 0 Å². The summed E-state index contributed by atoms with van der Waals surface area (Å²) < 4.78 is 16.0. The smallest absolute Gasteiger partial charge is 0.328 e. The Kier molecular flexibility index (Phi) is 8.29. The predicted molar refractivity (Wildman–Crippen MR) is 105 cm³/mol. The zero-order chi connectivity index (χ0) is 19.6. The monoisotopic (exact) mass is 435 g/mol. The number of ether oxygens (including phenoxy) is 3. The van der Waals surface area contributed by atoms with Gasteiger partial charge in [0, 0.05) is 19.1 Å². The van der Waals surface area contributed by atoms with E-state index in [0.29, 0.717) is 35.4 Å². The molecule has 1 N–H and O–H groups in total. The van der Waals surface area contributed by atoms with E-state index in [4.69, 9.17) is 14.2 Å². The molecule has 144 valence electrons. The molecule has 0 aliphatic rings. The lowest BCUT2D eigenvalue weighted by atomic mass is 10.1. The minimum Gasteiger partial charge on any atom is -0.490 e. The lowest BCUT2D eigenvalue weighted by Gasteiger charge is -2.17. The highest BCUT2D eigenvalue weighted by Gasteiger charge is 2.23. The summed E-state index contributed by atoms with van der Waals surface area (Å²) in [6.45, 7) is 0.872. The minimum atomic E-state index is -0.777. The third kappa shape index (κ3) is 6.37. The number of nitrogens with one attached hydrogen (secondary N) is 1. The number of rotatable bonds is 9. The Morgan fingerprint density at radius 3 is 2.44 bits per heavy atom. The van der Waals surface area contributed by atoms with Crippen LogP contribution in [-0.2, 0) is 20.7 Å². The highest BCUT2D eigenvalue weighted by Crippen LogP contribution is 2.26. The lowest BCUT2D eigenvalue weighted by molar-refractivity contribution is -0.142. The van der Waals surface area contributed by atoms with Crippen LogP contribution >= 0.6 is 15.9 Å². The van der Waals surface area contributed by atoms with Gasteiger partial charge in [-0.25, -0.2) is 4.79 Å². The first-order valence-corrected chi connectivity index (χ1v) is 9.18. The van der Waals surface area contributed by atoms with Gasteiger partial charge in [0.1, 0.15) is 18.4 Å². The number of carbonyl (C=O) groups excluding carboxylic acids is 2. The first-order chi connectivity index (χ1) is 13.0. The summed E-state index contributed by atoms with van der Waals surface area (Å²) in [5.41, 5.74) is 1.33. The predicted octanol–water partition coefficient (Wildman–Crippen LogP) is 2.99. The Morgan fingerprint density at radius 1 is 1.07 bits per heavy atom. The second-order valence-electron chi connectivity index (χ2n) is 5.73. The highest BCUT2D eigenvalue weighted by molar-refractivity contribution is 9.10. The zero-order valence-electron chi connectivity index (χ0n) is 15.2. The molecular formula is C20H22BrNO5.